The fourth-order valence-corrected chi connectivity index (χ4v) is 4.48. The van der Waals surface area contributed by atoms with Gasteiger partial charge in [-0.25, -0.2) is 4.98 Å². The molecule has 0 bridgehead atoms. The summed E-state index contributed by atoms with van der Waals surface area (Å²) in [6.07, 6.45) is 8.97. The highest BCUT2D eigenvalue weighted by atomic mass is 32.2. The van der Waals surface area contributed by atoms with Crippen molar-refractivity contribution in [1.82, 2.24) is 15.3 Å². The van der Waals surface area contributed by atoms with Crippen LogP contribution in [0.5, 0.6) is 0 Å². The van der Waals surface area contributed by atoms with Gasteiger partial charge in [-0.1, -0.05) is 45.9 Å². The van der Waals surface area contributed by atoms with Crippen molar-refractivity contribution in [2.24, 2.45) is 11.3 Å². The molecule has 3 atom stereocenters. The molecule has 1 fully saturated rings. The molecular formula is C16H29N3S. The molecule has 1 aliphatic rings. The van der Waals surface area contributed by atoms with Crippen LogP contribution >= 0.6 is 11.8 Å². The summed E-state index contributed by atoms with van der Waals surface area (Å²) >= 11 is 1.92. The highest BCUT2D eigenvalue weighted by Crippen LogP contribution is 2.44. The van der Waals surface area contributed by atoms with E-state index in [1.54, 1.807) is 0 Å². The highest BCUT2D eigenvalue weighted by molar-refractivity contribution is 7.99. The zero-order valence-corrected chi connectivity index (χ0v) is 14.1. The Morgan fingerprint density at radius 2 is 2.20 bits per heavy atom. The second-order valence-electron chi connectivity index (χ2n) is 6.57. The first-order valence-corrected chi connectivity index (χ1v) is 8.84. The molecule has 2 rings (SSSR count). The van der Waals surface area contributed by atoms with Crippen LogP contribution in [0.25, 0.3) is 0 Å². The van der Waals surface area contributed by atoms with Crippen molar-refractivity contribution >= 4 is 11.8 Å². The van der Waals surface area contributed by atoms with Crippen LogP contribution in [0.3, 0.4) is 0 Å². The maximum atomic E-state index is 4.39. The van der Waals surface area contributed by atoms with Gasteiger partial charge in [-0.2, -0.15) is 0 Å². The first-order valence-electron chi connectivity index (χ1n) is 7.96. The van der Waals surface area contributed by atoms with Crippen LogP contribution in [0.2, 0.25) is 0 Å². The Balaban J connectivity index is 2.05. The van der Waals surface area contributed by atoms with E-state index in [9.17, 15) is 0 Å². The molecule has 1 aromatic rings. The summed E-state index contributed by atoms with van der Waals surface area (Å²) in [5.74, 6) is 0.829. The number of H-pyrrole nitrogens is 1. The molecule has 0 amide bonds. The highest BCUT2D eigenvalue weighted by Gasteiger charge is 2.37. The van der Waals surface area contributed by atoms with Gasteiger partial charge in [0.1, 0.15) is 0 Å². The lowest BCUT2D eigenvalue weighted by molar-refractivity contribution is 0.141. The second-order valence-corrected chi connectivity index (χ2v) is 7.79. The number of rotatable bonds is 6. The summed E-state index contributed by atoms with van der Waals surface area (Å²) in [5, 5.41) is 5.37. The molecule has 2 N–H and O–H groups in total. The van der Waals surface area contributed by atoms with Gasteiger partial charge >= 0.3 is 0 Å². The quantitative estimate of drug-likeness (QED) is 0.830. The molecule has 0 saturated heterocycles. The fourth-order valence-electron chi connectivity index (χ4n) is 3.21. The predicted molar refractivity (Wildman–Crippen MR) is 87.1 cm³/mol. The molecule has 0 aromatic carbocycles. The molecule has 1 aromatic heterocycles. The molecule has 114 valence electrons. The number of aromatic nitrogens is 2. The maximum Gasteiger partial charge on any atom is 0.165 e. The number of nitrogens with zero attached hydrogens (tertiary/aromatic N) is 1. The van der Waals surface area contributed by atoms with E-state index in [-0.39, 0.29) is 0 Å². The molecular weight excluding hydrogens is 266 g/mol. The topological polar surface area (TPSA) is 40.7 Å². The number of hydrogen-bond acceptors (Lipinski definition) is 3. The van der Waals surface area contributed by atoms with Crippen LogP contribution in [-0.2, 0) is 0 Å². The third-order valence-electron chi connectivity index (χ3n) is 5.01. The molecule has 4 heteroatoms. The van der Waals surface area contributed by atoms with Crippen molar-refractivity contribution in [2.75, 3.05) is 6.54 Å². The van der Waals surface area contributed by atoms with Crippen molar-refractivity contribution < 1.29 is 0 Å². The molecule has 3 unspecified atom stereocenters. The van der Waals surface area contributed by atoms with Crippen LogP contribution in [0.4, 0.5) is 0 Å². The monoisotopic (exact) mass is 295 g/mol. The minimum atomic E-state index is 0.457. The Morgan fingerprint density at radius 3 is 2.80 bits per heavy atom. The van der Waals surface area contributed by atoms with E-state index in [4.69, 9.17) is 0 Å². The third-order valence-corrected chi connectivity index (χ3v) is 6.28. The van der Waals surface area contributed by atoms with Crippen LogP contribution in [0.1, 0.15) is 53.4 Å². The first kappa shape index (κ1) is 15.9. The fraction of sp³-hybridized carbons (Fsp3) is 0.812. The second kappa shape index (κ2) is 6.99. The van der Waals surface area contributed by atoms with Gasteiger partial charge in [0.2, 0.25) is 0 Å². The van der Waals surface area contributed by atoms with E-state index >= 15 is 0 Å². The Hall–Kier alpha value is -0.480. The van der Waals surface area contributed by atoms with E-state index in [2.05, 4.69) is 43.0 Å². The van der Waals surface area contributed by atoms with Gasteiger partial charge in [0.25, 0.3) is 0 Å². The van der Waals surface area contributed by atoms with Gasteiger partial charge in [-0.15, -0.1) is 0 Å². The van der Waals surface area contributed by atoms with E-state index in [1.807, 2.05) is 24.2 Å². The number of thioether (sulfide) groups is 1. The van der Waals surface area contributed by atoms with Crippen molar-refractivity contribution in [3.05, 3.63) is 12.4 Å². The Morgan fingerprint density at radius 1 is 1.40 bits per heavy atom. The lowest BCUT2D eigenvalue weighted by Crippen LogP contribution is -2.45. The van der Waals surface area contributed by atoms with Gasteiger partial charge < -0.3 is 10.3 Å². The SMILES string of the molecule is CCNC1CCC(C(C)(C)CC)CC1Sc1ncc[nH]1. The number of imidazole rings is 1. The third kappa shape index (κ3) is 3.79. The number of nitrogens with one attached hydrogen (secondary N) is 2. The van der Waals surface area contributed by atoms with Gasteiger partial charge in [0, 0.05) is 23.7 Å². The smallest absolute Gasteiger partial charge is 0.165 e. The van der Waals surface area contributed by atoms with Crippen LogP contribution < -0.4 is 5.32 Å². The minimum absolute atomic E-state index is 0.457. The summed E-state index contributed by atoms with van der Waals surface area (Å²) < 4.78 is 0. The van der Waals surface area contributed by atoms with E-state index < -0.39 is 0 Å². The van der Waals surface area contributed by atoms with Crippen LogP contribution in [-0.4, -0.2) is 27.8 Å². The summed E-state index contributed by atoms with van der Waals surface area (Å²) in [7, 11) is 0. The van der Waals surface area contributed by atoms with E-state index in [0.717, 1.165) is 17.6 Å². The Bertz CT molecular complexity index is 388. The van der Waals surface area contributed by atoms with Crippen molar-refractivity contribution in [3.63, 3.8) is 0 Å². The summed E-state index contributed by atoms with van der Waals surface area (Å²) in [4.78, 5) is 7.63. The normalized spacial score (nSPS) is 27.7. The molecule has 0 radical (unpaired) electrons. The maximum absolute atomic E-state index is 4.39. The average Bonchev–Trinajstić information content (AvgIpc) is 2.94. The lowest BCUT2D eigenvalue weighted by atomic mass is 9.68. The van der Waals surface area contributed by atoms with Gasteiger partial charge in [0.05, 0.1) is 0 Å². The molecule has 0 spiro atoms. The molecule has 1 saturated carbocycles. The standard InChI is InChI=1S/C16H29N3S/c1-5-16(3,4)12-7-8-13(17-6-2)14(11-12)20-15-18-9-10-19-15/h9-10,12-14,17H,5-8,11H2,1-4H3,(H,18,19). The van der Waals surface area contributed by atoms with E-state index in [0.29, 0.717) is 16.7 Å². The molecule has 1 heterocycles. The largest absolute Gasteiger partial charge is 0.340 e. The Labute approximate surface area is 127 Å². The molecule has 20 heavy (non-hydrogen) atoms. The van der Waals surface area contributed by atoms with Crippen molar-refractivity contribution in [3.8, 4) is 0 Å². The zero-order chi connectivity index (χ0) is 14.6. The number of aromatic amines is 1. The molecule has 3 nitrogen and oxygen atoms in total. The minimum Gasteiger partial charge on any atom is -0.340 e. The first-order chi connectivity index (χ1) is 9.56. The van der Waals surface area contributed by atoms with Gasteiger partial charge in [0.15, 0.2) is 5.16 Å². The molecule has 0 aliphatic heterocycles. The summed E-state index contributed by atoms with van der Waals surface area (Å²) in [6.45, 7) is 10.4. The summed E-state index contributed by atoms with van der Waals surface area (Å²) in [6, 6.07) is 0.624. The van der Waals surface area contributed by atoms with Gasteiger partial charge in [-0.3, -0.25) is 0 Å². The van der Waals surface area contributed by atoms with Crippen LogP contribution in [0, 0.1) is 11.3 Å². The lowest BCUT2D eigenvalue weighted by Gasteiger charge is -2.43. The molecule has 1 aliphatic carbocycles. The van der Waals surface area contributed by atoms with E-state index in [1.165, 1.54) is 25.7 Å². The van der Waals surface area contributed by atoms with Crippen LogP contribution in [0.15, 0.2) is 17.6 Å². The Kier molecular flexibility index (Phi) is 5.56. The zero-order valence-electron chi connectivity index (χ0n) is 13.3. The average molecular weight is 295 g/mol. The predicted octanol–water partition coefficient (Wildman–Crippen LogP) is 4.08. The van der Waals surface area contributed by atoms with Crippen molar-refractivity contribution in [2.45, 2.75) is 69.8 Å². The van der Waals surface area contributed by atoms with Gasteiger partial charge in [-0.05, 0) is 37.1 Å². The number of hydrogen-bond donors (Lipinski definition) is 2. The summed E-state index contributed by atoms with van der Waals surface area (Å²) in [5.41, 5.74) is 0.457. The van der Waals surface area contributed by atoms with Crippen molar-refractivity contribution in [1.29, 1.82) is 0 Å².